The second-order valence-corrected chi connectivity index (χ2v) is 6.08. The highest BCUT2D eigenvalue weighted by atomic mass is 35.5. The van der Waals surface area contributed by atoms with E-state index in [0.717, 1.165) is 0 Å². The van der Waals surface area contributed by atoms with Crippen molar-refractivity contribution < 1.29 is 18.7 Å². The molecule has 1 aromatic carbocycles. The van der Waals surface area contributed by atoms with Crippen molar-refractivity contribution in [3.8, 4) is 0 Å². The number of rotatable bonds is 3. The Morgan fingerprint density at radius 1 is 1.23 bits per heavy atom. The molecule has 0 saturated heterocycles. The van der Waals surface area contributed by atoms with Gasteiger partial charge in [0.2, 0.25) is 11.5 Å². The van der Waals surface area contributed by atoms with Crippen molar-refractivity contribution in [3.63, 3.8) is 0 Å². The zero-order chi connectivity index (χ0) is 15.9. The lowest BCUT2D eigenvalue weighted by atomic mass is 10.1. The second-order valence-electron chi connectivity index (χ2n) is 4.38. The number of ether oxygens (including phenoxy) is 1. The summed E-state index contributed by atoms with van der Waals surface area (Å²) in [5.41, 5.74) is 0.508. The highest BCUT2D eigenvalue weighted by molar-refractivity contribution is 7.12. The van der Waals surface area contributed by atoms with Crippen molar-refractivity contribution in [1.82, 2.24) is 0 Å². The normalized spacial score (nSPS) is 10.9. The van der Waals surface area contributed by atoms with Crippen LogP contribution in [0.15, 0.2) is 34.1 Å². The maximum absolute atomic E-state index is 12.5. The molecule has 0 radical (unpaired) electrons. The number of furan rings is 1. The van der Waals surface area contributed by atoms with Crippen molar-refractivity contribution >= 4 is 57.3 Å². The van der Waals surface area contributed by atoms with Crippen LogP contribution < -0.4 is 0 Å². The first-order valence-corrected chi connectivity index (χ1v) is 7.74. The number of hydrogen-bond donors (Lipinski definition) is 0. The van der Waals surface area contributed by atoms with Gasteiger partial charge >= 0.3 is 5.97 Å². The molecule has 2 heterocycles. The molecule has 112 valence electrons. The van der Waals surface area contributed by atoms with Crippen LogP contribution in [0, 0.1) is 0 Å². The minimum atomic E-state index is -0.630. The van der Waals surface area contributed by atoms with Gasteiger partial charge in [-0.3, -0.25) is 4.79 Å². The van der Waals surface area contributed by atoms with Gasteiger partial charge in [-0.15, -0.1) is 11.3 Å². The summed E-state index contributed by atoms with van der Waals surface area (Å²) >= 11 is 13.7. The fourth-order valence-electron chi connectivity index (χ4n) is 2.03. The first-order valence-electron chi connectivity index (χ1n) is 6.11. The molecule has 0 N–H and O–H groups in total. The van der Waals surface area contributed by atoms with Crippen LogP contribution in [-0.4, -0.2) is 18.9 Å². The van der Waals surface area contributed by atoms with Crippen LogP contribution in [0.5, 0.6) is 0 Å². The van der Waals surface area contributed by atoms with E-state index in [4.69, 9.17) is 27.6 Å². The van der Waals surface area contributed by atoms with Crippen LogP contribution in [-0.2, 0) is 4.74 Å². The third kappa shape index (κ3) is 2.41. The number of ketones is 1. The zero-order valence-electron chi connectivity index (χ0n) is 11.2. The van der Waals surface area contributed by atoms with Gasteiger partial charge in [-0.05, 0) is 23.6 Å². The van der Waals surface area contributed by atoms with E-state index in [1.165, 1.54) is 24.5 Å². The van der Waals surface area contributed by atoms with Crippen molar-refractivity contribution in [2.24, 2.45) is 0 Å². The monoisotopic (exact) mass is 354 g/mol. The summed E-state index contributed by atoms with van der Waals surface area (Å²) in [6.45, 7) is 0. The number of fused-ring (bicyclic) bond motifs is 1. The lowest BCUT2D eigenvalue weighted by Gasteiger charge is -2.04. The molecule has 0 atom stereocenters. The number of carbonyl (C=O) groups excluding carboxylic acids is 2. The average molecular weight is 355 g/mol. The molecule has 0 spiro atoms. The number of hydrogen-bond acceptors (Lipinski definition) is 5. The SMILES string of the molecule is COC(=O)c1cc2cc(C(=O)c3cccs3)c(Cl)c(Cl)c2o1. The fraction of sp³-hybridized carbons (Fsp3) is 0.0667. The predicted octanol–water partition coefficient (Wildman–Crippen LogP) is 4.82. The third-order valence-electron chi connectivity index (χ3n) is 3.07. The largest absolute Gasteiger partial charge is 0.463 e. The quantitative estimate of drug-likeness (QED) is 0.499. The molecule has 3 rings (SSSR count). The van der Waals surface area contributed by atoms with Crippen LogP contribution in [0.2, 0.25) is 10.0 Å². The molecule has 4 nitrogen and oxygen atoms in total. The van der Waals surface area contributed by atoms with Gasteiger partial charge in [0, 0.05) is 10.9 Å². The van der Waals surface area contributed by atoms with Crippen LogP contribution in [0.4, 0.5) is 0 Å². The molecule has 22 heavy (non-hydrogen) atoms. The van der Waals surface area contributed by atoms with E-state index >= 15 is 0 Å². The highest BCUT2D eigenvalue weighted by Gasteiger charge is 2.22. The highest BCUT2D eigenvalue weighted by Crippen LogP contribution is 2.37. The Balaban J connectivity index is 2.18. The predicted molar refractivity (Wildman–Crippen MR) is 85.3 cm³/mol. The number of carbonyl (C=O) groups is 2. The first kappa shape index (κ1) is 15.1. The van der Waals surface area contributed by atoms with E-state index in [1.54, 1.807) is 23.6 Å². The van der Waals surface area contributed by atoms with Gasteiger partial charge < -0.3 is 9.15 Å². The summed E-state index contributed by atoms with van der Waals surface area (Å²) in [6, 6.07) is 6.51. The minimum absolute atomic E-state index is 0.00353. The van der Waals surface area contributed by atoms with Crippen LogP contribution in [0.25, 0.3) is 11.0 Å². The number of esters is 1. The van der Waals surface area contributed by atoms with Crippen LogP contribution in [0.1, 0.15) is 25.8 Å². The van der Waals surface area contributed by atoms with E-state index in [2.05, 4.69) is 4.74 Å². The van der Waals surface area contributed by atoms with E-state index < -0.39 is 5.97 Å². The molecule has 0 amide bonds. The Labute approximate surface area is 139 Å². The molecule has 2 aromatic heterocycles. The molecule has 0 bridgehead atoms. The lowest BCUT2D eigenvalue weighted by molar-refractivity contribution is 0.0567. The molecular weight excluding hydrogens is 347 g/mol. The average Bonchev–Trinajstić information content (AvgIpc) is 3.18. The molecule has 0 fully saturated rings. The van der Waals surface area contributed by atoms with E-state index in [1.807, 2.05) is 0 Å². The van der Waals surface area contributed by atoms with Gasteiger partial charge in [-0.25, -0.2) is 4.79 Å². The van der Waals surface area contributed by atoms with Crippen molar-refractivity contribution in [2.75, 3.05) is 7.11 Å². The number of benzene rings is 1. The summed E-state index contributed by atoms with van der Waals surface area (Å²) in [5.74, 6) is -0.865. The van der Waals surface area contributed by atoms with Gasteiger partial charge in [-0.1, -0.05) is 29.3 Å². The Hall–Kier alpha value is -1.82. The minimum Gasteiger partial charge on any atom is -0.463 e. The molecule has 0 unspecified atom stereocenters. The van der Waals surface area contributed by atoms with Gasteiger partial charge in [0.1, 0.15) is 5.02 Å². The Bertz CT molecular complexity index is 881. The molecule has 0 aliphatic heterocycles. The molecular formula is C15H8Cl2O4S. The second kappa shape index (κ2) is 5.76. The third-order valence-corrected chi connectivity index (χ3v) is 4.78. The Morgan fingerprint density at radius 2 is 2.00 bits per heavy atom. The molecule has 3 aromatic rings. The van der Waals surface area contributed by atoms with E-state index in [0.29, 0.717) is 10.3 Å². The molecule has 7 heteroatoms. The van der Waals surface area contributed by atoms with Gasteiger partial charge in [-0.2, -0.15) is 0 Å². The first-order chi connectivity index (χ1) is 10.5. The zero-order valence-corrected chi connectivity index (χ0v) is 13.5. The van der Waals surface area contributed by atoms with E-state index in [-0.39, 0.29) is 32.7 Å². The van der Waals surface area contributed by atoms with Crippen LogP contribution >= 0.6 is 34.5 Å². The van der Waals surface area contributed by atoms with Crippen molar-refractivity contribution in [3.05, 3.63) is 55.9 Å². The lowest BCUT2D eigenvalue weighted by Crippen LogP contribution is -2.00. The number of thiophene rings is 1. The van der Waals surface area contributed by atoms with Crippen molar-refractivity contribution in [2.45, 2.75) is 0 Å². The summed E-state index contributed by atoms with van der Waals surface area (Å²) in [5, 5.41) is 2.50. The summed E-state index contributed by atoms with van der Waals surface area (Å²) < 4.78 is 9.96. The van der Waals surface area contributed by atoms with Gasteiger partial charge in [0.05, 0.1) is 17.0 Å². The smallest absolute Gasteiger partial charge is 0.373 e. The Morgan fingerprint density at radius 3 is 2.64 bits per heavy atom. The summed E-state index contributed by atoms with van der Waals surface area (Å²) in [4.78, 5) is 24.5. The molecule has 0 aliphatic carbocycles. The Kier molecular flexibility index (Phi) is 3.95. The number of halogens is 2. The van der Waals surface area contributed by atoms with E-state index in [9.17, 15) is 9.59 Å². The number of methoxy groups -OCH3 is 1. The van der Waals surface area contributed by atoms with Gasteiger partial charge in [0.15, 0.2) is 5.58 Å². The summed E-state index contributed by atoms with van der Waals surface area (Å²) in [7, 11) is 1.25. The standard InChI is InChI=1S/C15H8Cl2O4S/c1-20-15(19)9-6-7-5-8(11(16)12(17)14(7)21-9)13(18)10-3-2-4-22-10/h2-6H,1H3. The maximum atomic E-state index is 12.5. The van der Waals surface area contributed by atoms with Crippen LogP contribution in [0.3, 0.4) is 0 Å². The maximum Gasteiger partial charge on any atom is 0.373 e. The molecule has 0 aliphatic rings. The topological polar surface area (TPSA) is 56.5 Å². The molecule has 0 saturated carbocycles. The van der Waals surface area contributed by atoms with Gasteiger partial charge in [0.25, 0.3) is 0 Å². The van der Waals surface area contributed by atoms with Crippen molar-refractivity contribution in [1.29, 1.82) is 0 Å². The fourth-order valence-corrected chi connectivity index (χ4v) is 3.18. The summed E-state index contributed by atoms with van der Waals surface area (Å²) in [6.07, 6.45) is 0.